The van der Waals surface area contributed by atoms with Crippen LogP contribution in [0, 0.1) is 6.92 Å². The van der Waals surface area contributed by atoms with E-state index in [4.69, 9.17) is 4.98 Å². The molecule has 1 aliphatic heterocycles. The Morgan fingerprint density at radius 1 is 1.21 bits per heavy atom. The lowest BCUT2D eigenvalue weighted by Crippen LogP contribution is -2.45. The van der Waals surface area contributed by atoms with E-state index in [-0.39, 0.29) is 24.8 Å². The van der Waals surface area contributed by atoms with E-state index < -0.39 is 0 Å². The van der Waals surface area contributed by atoms with Crippen molar-refractivity contribution >= 4 is 47.0 Å². The molecule has 1 atom stereocenters. The number of aryl methyl sites for hydroxylation is 1. The number of thiazole rings is 1. The molecular formula is C20H25Cl2N5S. The van der Waals surface area contributed by atoms with Gasteiger partial charge in [-0.2, -0.15) is 0 Å². The van der Waals surface area contributed by atoms with Crippen LogP contribution in [0.1, 0.15) is 22.9 Å². The van der Waals surface area contributed by atoms with E-state index in [9.17, 15) is 0 Å². The van der Waals surface area contributed by atoms with Gasteiger partial charge in [0.25, 0.3) is 0 Å². The fourth-order valence-electron chi connectivity index (χ4n) is 3.24. The number of aromatic nitrogens is 2. The first kappa shape index (κ1) is 22.6. The minimum atomic E-state index is 0. The Morgan fingerprint density at radius 3 is 2.79 bits per heavy atom. The highest BCUT2D eigenvalue weighted by atomic mass is 35.5. The quantitative estimate of drug-likeness (QED) is 0.611. The van der Waals surface area contributed by atoms with Crippen LogP contribution < -0.4 is 10.6 Å². The van der Waals surface area contributed by atoms with Gasteiger partial charge in [-0.05, 0) is 30.7 Å². The van der Waals surface area contributed by atoms with Gasteiger partial charge >= 0.3 is 0 Å². The van der Waals surface area contributed by atoms with Crippen LogP contribution in [0.5, 0.6) is 0 Å². The fourth-order valence-corrected chi connectivity index (χ4v) is 3.96. The second-order valence-electron chi connectivity index (χ2n) is 6.61. The van der Waals surface area contributed by atoms with Crippen molar-refractivity contribution in [3.05, 3.63) is 71.0 Å². The Hall–Kier alpha value is -1.70. The maximum atomic E-state index is 4.78. The number of anilines is 2. The maximum Gasteiger partial charge on any atom is 0.187 e. The van der Waals surface area contributed by atoms with Crippen molar-refractivity contribution in [2.24, 2.45) is 0 Å². The first-order chi connectivity index (χ1) is 12.8. The summed E-state index contributed by atoms with van der Waals surface area (Å²) in [6.45, 7) is 5.92. The monoisotopic (exact) mass is 437 g/mol. The molecule has 0 saturated carbocycles. The molecule has 2 aromatic heterocycles. The lowest BCUT2D eigenvalue weighted by molar-refractivity contribution is 0.152. The molecule has 1 saturated heterocycles. The first-order valence-electron chi connectivity index (χ1n) is 8.91. The van der Waals surface area contributed by atoms with Gasteiger partial charge in [-0.1, -0.05) is 23.8 Å². The molecular weight excluding hydrogens is 413 g/mol. The molecule has 0 amide bonds. The molecule has 1 aliphatic rings. The van der Waals surface area contributed by atoms with Gasteiger partial charge in [0.05, 0.1) is 5.69 Å². The average Bonchev–Trinajstić information content (AvgIpc) is 3.12. The largest absolute Gasteiger partial charge is 0.332 e. The number of hydrogen-bond donors (Lipinski definition) is 2. The number of hydrogen-bond acceptors (Lipinski definition) is 6. The minimum Gasteiger partial charge on any atom is -0.332 e. The smallest absolute Gasteiger partial charge is 0.187 e. The summed E-state index contributed by atoms with van der Waals surface area (Å²) >= 11 is 1.66. The Balaban J connectivity index is 0.00000140. The van der Waals surface area contributed by atoms with Gasteiger partial charge in [0.15, 0.2) is 5.13 Å². The van der Waals surface area contributed by atoms with Crippen LogP contribution in [0.2, 0.25) is 0 Å². The molecule has 3 heterocycles. The van der Waals surface area contributed by atoms with E-state index >= 15 is 0 Å². The van der Waals surface area contributed by atoms with Gasteiger partial charge in [0.1, 0.15) is 0 Å². The summed E-state index contributed by atoms with van der Waals surface area (Å²) in [5, 5.41) is 9.98. The number of nitrogens with one attached hydrogen (secondary N) is 2. The Labute approximate surface area is 182 Å². The molecule has 0 bridgehead atoms. The summed E-state index contributed by atoms with van der Waals surface area (Å²) in [6, 6.07) is 12.9. The lowest BCUT2D eigenvalue weighted by Gasteiger charge is -2.35. The molecule has 0 aliphatic carbocycles. The Bertz CT molecular complexity index is 841. The zero-order chi connectivity index (χ0) is 17.8. The number of halogens is 2. The zero-order valence-corrected chi connectivity index (χ0v) is 18.1. The number of rotatable bonds is 5. The van der Waals surface area contributed by atoms with Crippen molar-refractivity contribution in [1.82, 2.24) is 20.2 Å². The predicted molar refractivity (Wildman–Crippen MR) is 121 cm³/mol. The maximum absolute atomic E-state index is 4.78. The molecule has 0 radical (unpaired) electrons. The van der Waals surface area contributed by atoms with Crippen LogP contribution in [-0.2, 0) is 6.54 Å². The van der Waals surface area contributed by atoms with E-state index in [1.165, 1.54) is 11.1 Å². The summed E-state index contributed by atoms with van der Waals surface area (Å²) in [5.41, 5.74) is 4.70. The Morgan fingerprint density at radius 2 is 2.04 bits per heavy atom. The van der Waals surface area contributed by atoms with Crippen LogP contribution in [0.3, 0.4) is 0 Å². The number of piperazine rings is 1. The molecule has 5 nitrogen and oxygen atoms in total. The average molecular weight is 438 g/mol. The Kier molecular flexibility index (Phi) is 8.66. The van der Waals surface area contributed by atoms with Crippen LogP contribution in [0.4, 0.5) is 10.8 Å². The molecule has 1 fully saturated rings. The van der Waals surface area contributed by atoms with Crippen molar-refractivity contribution in [2.75, 3.05) is 25.0 Å². The molecule has 3 aromatic rings. The van der Waals surface area contributed by atoms with Crippen molar-refractivity contribution in [1.29, 1.82) is 0 Å². The van der Waals surface area contributed by atoms with Crippen molar-refractivity contribution in [3.63, 3.8) is 0 Å². The molecule has 4 rings (SSSR count). The predicted octanol–water partition coefficient (Wildman–Crippen LogP) is 4.58. The number of nitrogens with zero attached hydrogens (tertiary/aromatic N) is 3. The highest BCUT2D eigenvalue weighted by Crippen LogP contribution is 2.26. The molecule has 2 N–H and O–H groups in total. The molecule has 0 spiro atoms. The van der Waals surface area contributed by atoms with Gasteiger partial charge in [-0.3, -0.25) is 9.88 Å². The lowest BCUT2D eigenvalue weighted by atomic mass is 10.1. The van der Waals surface area contributed by atoms with E-state index in [2.05, 4.69) is 63.2 Å². The van der Waals surface area contributed by atoms with Gasteiger partial charge in [-0.15, -0.1) is 36.2 Å². The van der Waals surface area contributed by atoms with Gasteiger partial charge in [0.2, 0.25) is 0 Å². The highest BCUT2D eigenvalue weighted by molar-refractivity contribution is 7.13. The van der Waals surface area contributed by atoms with Gasteiger partial charge in [-0.25, -0.2) is 4.98 Å². The summed E-state index contributed by atoms with van der Waals surface area (Å²) in [6.07, 6.45) is 3.80. The third kappa shape index (κ3) is 5.65. The van der Waals surface area contributed by atoms with Gasteiger partial charge < -0.3 is 10.6 Å². The molecule has 1 aromatic carbocycles. The van der Waals surface area contributed by atoms with E-state index in [1.54, 1.807) is 11.3 Å². The van der Waals surface area contributed by atoms with E-state index in [0.717, 1.165) is 42.7 Å². The second kappa shape index (κ2) is 10.7. The topological polar surface area (TPSA) is 53.1 Å². The van der Waals surface area contributed by atoms with Crippen LogP contribution >= 0.6 is 36.2 Å². The SMILES string of the molecule is Cc1ccc(Nc2nc(CN3CCNCC3c3cccnc3)cs2)cc1.Cl.Cl. The molecule has 1 unspecified atom stereocenters. The van der Waals surface area contributed by atoms with Crippen molar-refractivity contribution in [3.8, 4) is 0 Å². The van der Waals surface area contributed by atoms with Crippen molar-refractivity contribution < 1.29 is 0 Å². The van der Waals surface area contributed by atoms with E-state index in [0.29, 0.717) is 6.04 Å². The van der Waals surface area contributed by atoms with Crippen LogP contribution in [0.25, 0.3) is 0 Å². The number of benzene rings is 1. The third-order valence-corrected chi connectivity index (χ3v) is 5.45. The van der Waals surface area contributed by atoms with Crippen LogP contribution in [0.15, 0.2) is 54.2 Å². The first-order valence-corrected chi connectivity index (χ1v) is 9.79. The summed E-state index contributed by atoms with van der Waals surface area (Å²) in [7, 11) is 0. The second-order valence-corrected chi connectivity index (χ2v) is 7.47. The minimum absolute atomic E-state index is 0. The van der Waals surface area contributed by atoms with Crippen LogP contribution in [-0.4, -0.2) is 34.5 Å². The van der Waals surface area contributed by atoms with Gasteiger partial charge in [0, 0.05) is 55.7 Å². The fraction of sp³-hybridized carbons (Fsp3) is 0.300. The molecule has 8 heteroatoms. The molecule has 150 valence electrons. The van der Waals surface area contributed by atoms with Crippen molar-refractivity contribution in [2.45, 2.75) is 19.5 Å². The summed E-state index contributed by atoms with van der Waals surface area (Å²) < 4.78 is 0. The third-order valence-electron chi connectivity index (χ3n) is 4.64. The standard InChI is InChI=1S/C20H23N5S.2ClH/c1-15-4-6-17(7-5-15)23-20-24-18(14-26-20)13-25-10-9-22-12-19(25)16-3-2-8-21-11-16;;/h2-8,11,14,19,22H,9-10,12-13H2,1H3,(H,23,24);2*1H. The number of pyridine rings is 1. The summed E-state index contributed by atoms with van der Waals surface area (Å²) in [5.74, 6) is 0. The highest BCUT2D eigenvalue weighted by Gasteiger charge is 2.24. The van der Waals surface area contributed by atoms with E-state index in [1.807, 2.05) is 18.5 Å². The molecule has 28 heavy (non-hydrogen) atoms. The zero-order valence-electron chi connectivity index (χ0n) is 15.7. The summed E-state index contributed by atoms with van der Waals surface area (Å²) in [4.78, 5) is 11.5. The normalized spacial score (nSPS) is 16.7.